The van der Waals surface area contributed by atoms with Crippen molar-refractivity contribution in [2.45, 2.75) is 31.0 Å². The number of carbonyl (C=O) groups is 1. The smallest absolute Gasteiger partial charge is 0.360 e. The molecule has 8 nitrogen and oxygen atoms in total. The molecule has 1 atom stereocenters. The Morgan fingerprint density at radius 1 is 1.32 bits per heavy atom. The lowest BCUT2D eigenvalue weighted by Gasteiger charge is -2.09. The molecule has 1 aromatic carbocycles. The van der Waals surface area contributed by atoms with E-state index in [9.17, 15) is 17.6 Å². The van der Waals surface area contributed by atoms with Crippen molar-refractivity contribution in [3.8, 4) is 0 Å². The summed E-state index contributed by atoms with van der Waals surface area (Å²) in [5.41, 5.74) is 0.914. The number of carbonyl (C=O) groups excluding carboxylic acids is 1. The van der Waals surface area contributed by atoms with Crippen LogP contribution in [0.25, 0.3) is 0 Å². The summed E-state index contributed by atoms with van der Waals surface area (Å²) >= 11 is 0. The number of hydrogen-bond acceptors (Lipinski definition) is 7. The zero-order valence-electron chi connectivity index (χ0n) is 13.8. The second-order valence-electron chi connectivity index (χ2n) is 5.30. The summed E-state index contributed by atoms with van der Waals surface area (Å²) in [6.07, 6.45) is -0.249. The molecule has 1 unspecified atom stereocenters. The third-order valence-corrected chi connectivity index (χ3v) is 4.61. The van der Waals surface area contributed by atoms with Gasteiger partial charge in [0.15, 0.2) is 5.69 Å². The topological polar surface area (TPSA) is 100 Å². The average Bonchev–Trinajstić information content (AvgIpc) is 3.07. The fraction of sp³-hybridized carbons (Fsp3) is 0.400. The molecule has 0 aliphatic carbocycles. The molecular formula is C15H18FN3O5S. The highest BCUT2D eigenvalue weighted by Gasteiger charge is 2.18. The van der Waals surface area contributed by atoms with E-state index in [1.807, 2.05) is 6.92 Å². The van der Waals surface area contributed by atoms with Gasteiger partial charge in [-0.15, -0.1) is 5.10 Å². The van der Waals surface area contributed by atoms with E-state index in [1.54, 1.807) is 12.1 Å². The Hall–Kier alpha value is -2.33. The molecule has 0 spiro atoms. The van der Waals surface area contributed by atoms with E-state index >= 15 is 0 Å². The molecule has 1 heterocycles. The Balaban J connectivity index is 1.84. The van der Waals surface area contributed by atoms with Crippen LogP contribution in [0, 0.1) is 6.92 Å². The average molecular weight is 371 g/mol. The number of alkyl halides is 1. The SMILES string of the molecule is COC(=O)c1cn(CCC(F)COS(=O)(=O)c2ccc(C)cc2)nn1. The fourth-order valence-corrected chi connectivity index (χ4v) is 2.83. The van der Waals surface area contributed by atoms with E-state index in [1.165, 1.54) is 30.1 Å². The first-order chi connectivity index (χ1) is 11.8. The molecule has 0 radical (unpaired) electrons. The number of halogens is 1. The molecule has 0 bridgehead atoms. The van der Waals surface area contributed by atoms with Gasteiger partial charge in [0.2, 0.25) is 0 Å². The minimum atomic E-state index is -4.00. The summed E-state index contributed by atoms with van der Waals surface area (Å²) in [6.45, 7) is 1.33. The maximum Gasteiger partial charge on any atom is 0.360 e. The summed E-state index contributed by atoms with van der Waals surface area (Å²) in [4.78, 5) is 11.2. The van der Waals surface area contributed by atoms with Crippen molar-refractivity contribution >= 4 is 16.1 Å². The van der Waals surface area contributed by atoms with Crippen LogP contribution in [-0.2, 0) is 25.6 Å². The number of benzene rings is 1. The Bertz CT molecular complexity index is 820. The van der Waals surface area contributed by atoms with E-state index in [-0.39, 0.29) is 23.6 Å². The Morgan fingerprint density at radius 3 is 2.64 bits per heavy atom. The number of hydrogen-bond donors (Lipinski definition) is 0. The highest BCUT2D eigenvalue weighted by molar-refractivity contribution is 7.86. The van der Waals surface area contributed by atoms with Crippen LogP contribution >= 0.6 is 0 Å². The number of ether oxygens (including phenoxy) is 1. The van der Waals surface area contributed by atoms with Gasteiger partial charge in [-0.2, -0.15) is 8.42 Å². The third kappa shape index (κ3) is 5.33. The largest absolute Gasteiger partial charge is 0.464 e. The molecular weight excluding hydrogens is 353 g/mol. The Labute approximate surface area is 144 Å². The van der Waals surface area contributed by atoms with E-state index in [2.05, 4.69) is 15.0 Å². The van der Waals surface area contributed by atoms with Crippen molar-refractivity contribution < 1.29 is 26.5 Å². The van der Waals surface area contributed by atoms with Crippen molar-refractivity contribution in [3.63, 3.8) is 0 Å². The van der Waals surface area contributed by atoms with Gasteiger partial charge < -0.3 is 4.74 Å². The number of aryl methyl sites for hydroxylation is 2. The van der Waals surface area contributed by atoms with E-state index in [0.29, 0.717) is 0 Å². The van der Waals surface area contributed by atoms with Crippen LogP contribution in [0.3, 0.4) is 0 Å². The fourth-order valence-electron chi connectivity index (χ4n) is 1.90. The Kier molecular flexibility index (Phi) is 6.21. The van der Waals surface area contributed by atoms with Gasteiger partial charge >= 0.3 is 5.97 Å². The molecule has 0 aliphatic heterocycles. The predicted molar refractivity (Wildman–Crippen MR) is 85.2 cm³/mol. The maximum atomic E-state index is 13.9. The first-order valence-corrected chi connectivity index (χ1v) is 8.81. The minimum absolute atomic E-state index is 0.0103. The van der Waals surface area contributed by atoms with Gasteiger partial charge in [0.05, 0.1) is 24.8 Å². The Morgan fingerprint density at radius 2 is 2.00 bits per heavy atom. The van der Waals surface area contributed by atoms with Gasteiger partial charge in [-0.05, 0) is 19.1 Å². The summed E-state index contributed by atoms with van der Waals surface area (Å²) in [7, 11) is -2.79. The maximum absolute atomic E-state index is 13.9. The van der Waals surface area contributed by atoms with Gasteiger partial charge in [0.1, 0.15) is 6.17 Å². The van der Waals surface area contributed by atoms with Crippen LogP contribution in [0.1, 0.15) is 22.5 Å². The summed E-state index contributed by atoms with van der Waals surface area (Å²) < 4.78 is 48.3. The summed E-state index contributed by atoms with van der Waals surface area (Å²) in [6, 6.07) is 6.07. The third-order valence-electron chi connectivity index (χ3n) is 3.32. The van der Waals surface area contributed by atoms with E-state index < -0.39 is 28.9 Å². The number of nitrogens with zero attached hydrogens (tertiary/aromatic N) is 3. The van der Waals surface area contributed by atoms with E-state index in [0.717, 1.165) is 5.56 Å². The zero-order chi connectivity index (χ0) is 18.4. The lowest BCUT2D eigenvalue weighted by atomic mass is 10.2. The van der Waals surface area contributed by atoms with Crippen LogP contribution in [0.4, 0.5) is 4.39 Å². The molecule has 25 heavy (non-hydrogen) atoms. The monoisotopic (exact) mass is 371 g/mol. The van der Waals surface area contributed by atoms with Crippen LogP contribution < -0.4 is 0 Å². The number of aromatic nitrogens is 3. The van der Waals surface area contributed by atoms with Crippen LogP contribution in [0.2, 0.25) is 0 Å². The molecule has 2 aromatic rings. The second kappa shape index (κ2) is 8.17. The highest BCUT2D eigenvalue weighted by Crippen LogP contribution is 2.14. The molecule has 1 aromatic heterocycles. The number of methoxy groups -OCH3 is 1. The summed E-state index contributed by atoms with van der Waals surface area (Å²) in [5, 5.41) is 7.25. The molecule has 0 saturated carbocycles. The number of esters is 1. The van der Waals surface area contributed by atoms with Gasteiger partial charge in [-0.3, -0.25) is 8.86 Å². The molecule has 0 amide bonds. The quantitative estimate of drug-likeness (QED) is 0.512. The molecule has 0 fully saturated rings. The predicted octanol–water partition coefficient (Wildman–Crippen LogP) is 1.51. The molecule has 136 valence electrons. The lowest BCUT2D eigenvalue weighted by molar-refractivity contribution is 0.0594. The standard InChI is InChI=1S/C15H18FN3O5S/c1-11-3-5-13(6-4-11)25(21,22)24-10-12(16)7-8-19-9-14(17-18-19)15(20)23-2/h3-6,9,12H,7-8,10H2,1-2H3. The summed E-state index contributed by atoms with van der Waals surface area (Å²) in [5.74, 6) is -0.643. The van der Waals surface area contributed by atoms with Crippen molar-refractivity contribution in [2.75, 3.05) is 13.7 Å². The van der Waals surface area contributed by atoms with E-state index in [4.69, 9.17) is 4.18 Å². The van der Waals surface area contributed by atoms with Gasteiger partial charge in [-0.1, -0.05) is 22.9 Å². The van der Waals surface area contributed by atoms with Crippen LogP contribution in [0.5, 0.6) is 0 Å². The van der Waals surface area contributed by atoms with Crippen molar-refractivity contribution in [1.82, 2.24) is 15.0 Å². The van der Waals surface area contributed by atoms with Gasteiger partial charge in [0, 0.05) is 13.0 Å². The molecule has 0 aliphatic rings. The first kappa shape index (κ1) is 19.0. The van der Waals surface area contributed by atoms with Crippen molar-refractivity contribution in [1.29, 1.82) is 0 Å². The first-order valence-electron chi connectivity index (χ1n) is 7.40. The normalized spacial score (nSPS) is 12.8. The van der Waals surface area contributed by atoms with Crippen LogP contribution in [0.15, 0.2) is 35.4 Å². The van der Waals surface area contributed by atoms with Gasteiger partial charge in [-0.25, -0.2) is 9.18 Å². The van der Waals surface area contributed by atoms with Crippen molar-refractivity contribution in [3.05, 3.63) is 41.7 Å². The lowest BCUT2D eigenvalue weighted by Crippen LogP contribution is -2.17. The highest BCUT2D eigenvalue weighted by atomic mass is 32.2. The molecule has 10 heteroatoms. The van der Waals surface area contributed by atoms with Crippen LogP contribution in [-0.4, -0.2) is 49.3 Å². The van der Waals surface area contributed by atoms with Gasteiger partial charge in [0.25, 0.3) is 10.1 Å². The molecule has 2 rings (SSSR count). The minimum Gasteiger partial charge on any atom is -0.464 e. The zero-order valence-corrected chi connectivity index (χ0v) is 14.6. The van der Waals surface area contributed by atoms with Crippen molar-refractivity contribution in [2.24, 2.45) is 0 Å². The molecule has 0 N–H and O–H groups in total. The second-order valence-corrected chi connectivity index (χ2v) is 6.91. The molecule has 0 saturated heterocycles. The number of rotatable bonds is 8.